The molecule has 0 fully saturated rings. The molecule has 116 valence electrons. The van der Waals surface area contributed by atoms with Crippen molar-refractivity contribution < 1.29 is 9.18 Å². The van der Waals surface area contributed by atoms with Gasteiger partial charge >= 0.3 is 0 Å². The fourth-order valence-corrected chi connectivity index (χ4v) is 2.33. The summed E-state index contributed by atoms with van der Waals surface area (Å²) in [7, 11) is 1.56. The summed E-state index contributed by atoms with van der Waals surface area (Å²) < 4.78 is 14.9. The molecule has 0 atom stereocenters. The molecule has 0 spiro atoms. The zero-order valence-electron chi connectivity index (χ0n) is 12.6. The summed E-state index contributed by atoms with van der Waals surface area (Å²) in [6.07, 6.45) is 1.58. The summed E-state index contributed by atoms with van der Waals surface area (Å²) in [4.78, 5) is 28.8. The molecule has 0 unspecified atom stereocenters. The minimum absolute atomic E-state index is 0.0195. The number of anilines is 1. The Morgan fingerprint density at radius 3 is 2.78 bits per heavy atom. The number of aryl methyl sites for hydroxylation is 2. The van der Waals surface area contributed by atoms with Crippen molar-refractivity contribution in [1.82, 2.24) is 9.55 Å². The van der Waals surface area contributed by atoms with Gasteiger partial charge in [0.15, 0.2) is 0 Å². The van der Waals surface area contributed by atoms with Crippen molar-refractivity contribution in [3.05, 3.63) is 69.9 Å². The molecular weight excluding hydrogens is 297 g/mol. The van der Waals surface area contributed by atoms with Gasteiger partial charge in [-0.15, -0.1) is 0 Å². The fourth-order valence-electron chi connectivity index (χ4n) is 2.33. The first-order valence-electron chi connectivity index (χ1n) is 6.99. The zero-order chi connectivity index (χ0) is 16.6. The minimum atomic E-state index is -0.584. The second kappa shape index (κ2) is 5.64. The highest BCUT2D eigenvalue weighted by atomic mass is 19.1. The van der Waals surface area contributed by atoms with Gasteiger partial charge in [0.1, 0.15) is 17.0 Å². The number of rotatable bonds is 2. The summed E-state index contributed by atoms with van der Waals surface area (Å²) in [5, 5.41) is 3.22. The lowest BCUT2D eigenvalue weighted by molar-refractivity contribution is 0.102. The Morgan fingerprint density at radius 1 is 1.26 bits per heavy atom. The Labute approximate surface area is 131 Å². The van der Waals surface area contributed by atoms with Gasteiger partial charge in [0, 0.05) is 24.3 Å². The molecule has 3 aromatic rings. The molecule has 3 rings (SSSR count). The van der Waals surface area contributed by atoms with Crippen molar-refractivity contribution in [3.8, 4) is 0 Å². The Hall–Kier alpha value is -3.02. The third-order valence-corrected chi connectivity index (χ3v) is 3.64. The smallest absolute Gasteiger partial charge is 0.264 e. The van der Waals surface area contributed by atoms with E-state index in [9.17, 15) is 14.0 Å². The Balaban J connectivity index is 2.02. The van der Waals surface area contributed by atoms with Gasteiger partial charge in [-0.25, -0.2) is 9.37 Å². The highest BCUT2D eigenvalue weighted by Crippen LogP contribution is 2.15. The van der Waals surface area contributed by atoms with Crippen LogP contribution in [0.15, 0.2) is 47.4 Å². The van der Waals surface area contributed by atoms with Gasteiger partial charge < -0.3 is 5.32 Å². The fraction of sp³-hybridized carbons (Fsp3) is 0.118. The molecular formula is C17H14FN3O2. The first-order valence-corrected chi connectivity index (χ1v) is 6.99. The third-order valence-electron chi connectivity index (χ3n) is 3.64. The van der Waals surface area contributed by atoms with Crippen molar-refractivity contribution in [2.45, 2.75) is 6.92 Å². The third kappa shape index (κ3) is 2.70. The van der Waals surface area contributed by atoms with Gasteiger partial charge in [0.05, 0.1) is 0 Å². The molecule has 2 aromatic heterocycles. The van der Waals surface area contributed by atoms with E-state index in [2.05, 4.69) is 10.3 Å². The van der Waals surface area contributed by atoms with Gasteiger partial charge in [-0.3, -0.25) is 14.2 Å². The summed E-state index contributed by atoms with van der Waals surface area (Å²) in [5.74, 6) is -1.00. The number of nitrogens with zero attached hydrogens (tertiary/aromatic N) is 2. The Kier molecular flexibility index (Phi) is 3.65. The Bertz CT molecular complexity index is 979. The number of amides is 1. The normalized spacial score (nSPS) is 10.7. The van der Waals surface area contributed by atoms with Crippen molar-refractivity contribution in [2.75, 3.05) is 5.32 Å². The van der Waals surface area contributed by atoms with E-state index >= 15 is 0 Å². The largest absolute Gasteiger partial charge is 0.322 e. The quantitative estimate of drug-likeness (QED) is 0.791. The van der Waals surface area contributed by atoms with Crippen LogP contribution < -0.4 is 10.9 Å². The van der Waals surface area contributed by atoms with E-state index in [4.69, 9.17) is 0 Å². The number of carbonyl (C=O) groups is 1. The Morgan fingerprint density at radius 2 is 2.04 bits per heavy atom. The maximum atomic E-state index is 13.6. The maximum Gasteiger partial charge on any atom is 0.264 e. The van der Waals surface area contributed by atoms with Crippen LogP contribution in [0.4, 0.5) is 10.1 Å². The highest BCUT2D eigenvalue weighted by molar-refractivity contribution is 6.05. The van der Waals surface area contributed by atoms with E-state index in [0.717, 1.165) is 0 Å². The molecule has 0 aliphatic rings. The molecule has 0 saturated carbocycles. The first kappa shape index (κ1) is 14.9. The molecule has 0 saturated heterocycles. The van der Waals surface area contributed by atoms with Crippen LogP contribution in [-0.4, -0.2) is 15.5 Å². The van der Waals surface area contributed by atoms with E-state index in [1.54, 1.807) is 44.4 Å². The predicted octanol–water partition coefficient (Wildman–Crippen LogP) is 2.63. The number of hydrogen-bond acceptors (Lipinski definition) is 3. The maximum absolute atomic E-state index is 13.6. The molecule has 1 amide bonds. The van der Waals surface area contributed by atoms with E-state index in [-0.39, 0.29) is 5.56 Å². The average Bonchev–Trinajstić information content (AvgIpc) is 2.54. The van der Waals surface area contributed by atoms with Crippen molar-refractivity contribution in [3.63, 3.8) is 0 Å². The standard InChI is InChI=1S/C17H14FN3O2/c1-10-5-6-12(9-14(10)18)20-16(22)13-8-11-4-3-7-19-15(11)21(2)17(13)23/h3-9H,1-2H3,(H,20,22). The van der Waals surface area contributed by atoms with Crippen LogP contribution in [0.5, 0.6) is 0 Å². The lowest BCUT2D eigenvalue weighted by Gasteiger charge is -2.09. The second-order valence-electron chi connectivity index (χ2n) is 5.26. The van der Waals surface area contributed by atoms with Crippen LogP contribution in [0, 0.1) is 12.7 Å². The van der Waals surface area contributed by atoms with Gasteiger partial charge in [-0.2, -0.15) is 0 Å². The van der Waals surface area contributed by atoms with Crippen molar-refractivity contribution in [2.24, 2.45) is 7.05 Å². The number of carbonyl (C=O) groups excluding carboxylic acids is 1. The number of nitrogens with one attached hydrogen (secondary N) is 1. The zero-order valence-corrected chi connectivity index (χ0v) is 12.6. The lowest BCUT2D eigenvalue weighted by Crippen LogP contribution is -2.28. The molecule has 6 heteroatoms. The van der Waals surface area contributed by atoms with Crippen LogP contribution >= 0.6 is 0 Å². The molecule has 1 N–H and O–H groups in total. The highest BCUT2D eigenvalue weighted by Gasteiger charge is 2.15. The van der Waals surface area contributed by atoms with Crippen LogP contribution in [0.25, 0.3) is 11.0 Å². The van der Waals surface area contributed by atoms with Gasteiger partial charge in [0.25, 0.3) is 11.5 Å². The summed E-state index contributed by atoms with van der Waals surface area (Å²) in [6.45, 7) is 1.63. The molecule has 2 heterocycles. The number of benzene rings is 1. The second-order valence-corrected chi connectivity index (χ2v) is 5.26. The number of hydrogen-bond donors (Lipinski definition) is 1. The van der Waals surface area contributed by atoms with Gasteiger partial charge in [0.2, 0.25) is 0 Å². The monoisotopic (exact) mass is 311 g/mol. The van der Waals surface area contributed by atoms with E-state index < -0.39 is 17.3 Å². The lowest BCUT2D eigenvalue weighted by atomic mass is 10.1. The van der Waals surface area contributed by atoms with Crippen LogP contribution in [0.1, 0.15) is 15.9 Å². The molecule has 5 nitrogen and oxygen atoms in total. The molecule has 23 heavy (non-hydrogen) atoms. The predicted molar refractivity (Wildman–Crippen MR) is 86.1 cm³/mol. The van der Waals surface area contributed by atoms with Crippen LogP contribution in [-0.2, 0) is 7.05 Å². The van der Waals surface area contributed by atoms with E-state index in [1.807, 2.05) is 0 Å². The van der Waals surface area contributed by atoms with Crippen molar-refractivity contribution in [1.29, 1.82) is 0 Å². The number of halogens is 1. The number of aromatic nitrogens is 2. The topological polar surface area (TPSA) is 64.0 Å². The van der Waals surface area contributed by atoms with E-state index in [1.165, 1.54) is 16.7 Å². The van der Waals surface area contributed by atoms with Crippen LogP contribution in [0.3, 0.4) is 0 Å². The first-order chi connectivity index (χ1) is 11.0. The van der Waals surface area contributed by atoms with Crippen molar-refractivity contribution >= 4 is 22.6 Å². The van der Waals surface area contributed by atoms with Gasteiger partial charge in [-0.1, -0.05) is 6.07 Å². The molecule has 0 aliphatic carbocycles. The SMILES string of the molecule is Cc1ccc(NC(=O)c2cc3cccnc3n(C)c2=O)cc1F. The molecule has 1 aromatic carbocycles. The summed E-state index contributed by atoms with van der Waals surface area (Å²) in [6, 6.07) is 9.36. The summed E-state index contributed by atoms with van der Waals surface area (Å²) >= 11 is 0. The van der Waals surface area contributed by atoms with E-state index in [0.29, 0.717) is 22.3 Å². The molecule has 0 aliphatic heterocycles. The summed E-state index contributed by atoms with van der Waals surface area (Å²) in [5.41, 5.74) is 0.799. The number of fused-ring (bicyclic) bond motifs is 1. The van der Waals surface area contributed by atoms with Crippen LogP contribution in [0.2, 0.25) is 0 Å². The average molecular weight is 311 g/mol. The van der Waals surface area contributed by atoms with Gasteiger partial charge in [-0.05, 0) is 42.8 Å². The number of pyridine rings is 2. The molecule has 0 bridgehead atoms. The molecule has 0 radical (unpaired) electrons. The minimum Gasteiger partial charge on any atom is -0.322 e.